The quantitative estimate of drug-likeness (QED) is 0.154. The van der Waals surface area contributed by atoms with Crippen LogP contribution in [0.5, 0.6) is 0 Å². The van der Waals surface area contributed by atoms with Gasteiger partial charge >= 0.3 is 0 Å². The molecular formula is C10H21N3O2. The Morgan fingerprint density at radius 2 is 2.20 bits per heavy atom. The molecule has 1 aliphatic carbocycles. The number of amidine groups is 1. The largest absolute Gasteiger partial charge is 0.409 e. The lowest BCUT2D eigenvalue weighted by Crippen LogP contribution is -2.29. The number of oxime groups is 1. The molecule has 1 aliphatic rings. The molecule has 0 heterocycles. The summed E-state index contributed by atoms with van der Waals surface area (Å²) in [4.78, 5) is 0. The zero-order valence-electron chi connectivity index (χ0n) is 9.02. The Hall–Kier alpha value is -0.810. The first-order valence-corrected chi connectivity index (χ1v) is 5.59. The molecule has 0 bridgehead atoms. The van der Waals surface area contributed by atoms with Crippen molar-refractivity contribution in [2.45, 2.75) is 38.2 Å². The number of hydrogen-bond donors (Lipinski definition) is 4. The lowest BCUT2D eigenvalue weighted by Gasteiger charge is -2.10. The fraction of sp³-hybridized carbons (Fsp3) is 0.900. The summed E-state index contributed by atoms with van der Waals surface area (Å²) in [5.74, 6) is 0.822. The molecule has 1 atom stereocenters. The van der Waals surface area contributed by atoms with E-state index in [0.717, 1.165) is 19.4 Å². The van der Waals surface area contributed by atoms with E-state index in [0.29, 0.717) is 18.9 Å². The number of unbranched alkanes of at least 4 members (excludes halogenated alkanes) is 1. The summed E-state index contributed by atoms with van der Waals surface area (Å²) >= 11 is 0. The van der Waals surface area contributed by atoms with Crippen LogP contribution < -0.4 is 11.1 Å². The number of aliphatic hydroxyl groups is 1. The average molecular weight is 215 g/mol. The molecule has 5 nitrogen and oxygen atoms in total. The zero-order chi connectivity index (χ0) is 11.1. The number of nitrogens with two attached hydrogens (primary N) is 1. The third-order valence-corrected chi connectivity index (χ3v) is 2.68. The van der Waals surface area contributed by atoms with Crippen LogP contribution in [0.3, 0.4) is 0 Å². The minimum atomic E-state index is -0.172. The second-order valence-corrected chi connectivity index (χ2v) is 4.16. The van der Waals surface area contributed by atoms with Gasteiger partial charge in [0.25, 0.3) is 0 Å². The SMILES string of the molecule is NC(CCCCNCC(O)C1CC1)=NO. The first-order valence-electron chi connectivity index (χ1n) is 5.59. The maximum absolute atomic E-state index is 9.54. The molecule has 1 saturated carbocycles. The van der Waals surface area contributed by atoms with Crippen molar-refractivity contribution in [1.29, 1.82) is 0 Å². The number of nitrogens with zero attached hydrogens (tertiary/aromatic N) is 1. The van der Waals surface area contributed by atoms with E-state index in [1.807, 2.05) is 0 Å². The van der Waals surface area contributed by atoms with Gasteiger partial charge in [0.1, 0.15) is 5.84 Å². The van der Waals surface area contributed by atoms with E-state index in [-0.39, 0.29) is 11.9 Å². The molecule has 0 aliphatic heterocycles. The Bertz CT molecular complexity index is 205. The van der Waals surface area contributed by atoms with Gasteiger partial charge in [-0.1, -0.05) is 5.16 Å². The topological polar surface area (TPSA) is 90.9 Å². The van der Waals surface area contributed by atoms with Crippen LogP contribution in [0.25, 0.3) is 0 Å². The minimum Gasteiger partial charge on any atom is -0.409 e. The molecule has 5 N–H and O–H groups in total. The van der Waals surface area contributed by atoms with E-state index in [9.17, 15) is 5.11 Å². The molecule has 0 aromatic heterocycles. The van der Waals surface area contributed by atoms with Crippen LogP contribution in [0.4, 0.5) is 0 Å². The number of nitrogens with one attached hydrogen (secondary N) is 1. The maximum atomic E-state index is 9.54. The number of rotatable bonds is 8. The molecule has 0 aromatic carbocycles. The third-order valence-electron chi connectivity index (χ3n) is 2.68. The second kappa shape index (κ2) is 6.63. The average Bonchev–Trinajstić information content (AvgIpc) is 3.05. The van der Waals surface area contributed by atoms with Gasteiger partial charge in [0.15, 0.2) is 0 Å². The van der Waals surface area contributed by atoms with Crippen molar-refractivity contribution in [3.05, 3.63) is 0 Å². The summed E-state index contributed by atoms with van der Waals surface area (Å²) < 4.78 is 0. The van der Waals surface area contributed by atoms with Crippen molar-refractivity contribution in [2.24, 2.45) is 16.8 Å². The van der Waals surface area contributed by atoms with Crippen molar-refractivity contribution in [2.75, 3.05) is 13.1 Å². The molecule has 1 rings (SSSR count). The predicted octanol–water partition coefficient (Wildman–Crippen LogP) is 0.264. The summed E-state index contributed by atoms with van der Waals surface area (Å²) in [6, 6.07) is 0. The monoisotopic (exact) mass is 215 g/mol. The first kappa shape index (κ1) is 12.3. The van der Waals surface area contributed by atoms with Crippen LogP contribution in [0, 0.1) is 5.92 Å². The van der Waals surface area contributed by atoms with Crippen LogP contribution in [0.1, 0.15) is 32.1 Å². The van der Waals surface area contributed by atoms with Crippen molar-refractivity contribution in [3.63, 3.8) is 0 Å². The Kier molecular flexibility index (Phi) is 5.42. The van der Waals surface area contributed by atoms with Gasteiger partial charge in [0.2, 0.25) is 0 Å². The van der Waals surface area contributed by atoms with E-state index < -0.39 is 0 Å². The van der Waals surface area contributed by atoms with Crippen molar-refractivity contribution < 1.29 is 10.3 Å². The summed E-state index contributed by atoms with van der Waals surface area (Å²) in [6.07, 6.45) is 4.69. The molecule has 15 heavy (non-hydrogen) atoms. The first-order chi connectivity index (χ1) is 7.24. The Labute approximate surface area is 90.3 Å². The maximum Gasteiger partial charge on any atom is 0.139 e. The van der Waals surface area contributed by atoms with Crippen molar-refractivity contribution >= 4 is 5.84 Å². The smallest absolute Gasteiger partial charge is 0.139 e. The van der Waals surface area contributed by atoms with E-state index >= 15 is 0 Å². The molecule has 5 heteroatoms. The summed E-state index contributed by atoms with van der Waals surface area (Å²) in [7, 11) is 0. The molecular weight excluding hydrogens is 194 g/mol. The highest BCUT2D eigenvalue weighted by molar-refractivity contribution is 5.79. The minimum absolute atomic E-state index is 0.172. The fourth-order valence-corrected chi connectivity index (χ4v) is 1.50. The van der Waals surface area contributed by atoms with Crippen LogP contribution in [-0.2, 0) is 0 Å². The van der Waals surface area contributed by atoms with Gasteiger partial charge in [-0.15, -0.1) is 0 Å². The third kappa shape index (κ3) is 5.59. The van der Waals surface area contributed by atoms with Gasteiger partial charge in [-0.2, -0.15) is 0 Å². The standard InChI is InChI=1S/C10H21N3O2/c11-10(13-15)3-1-2-6-12-7-9(14)8-4-5-8/h8-9,12,14-15H,1-7H2,(H2,11,13). The highest BCUT2D eigenvalue weighted by atomic mass is 16.4. The van der Waals surface area contributed by atoms with Crippen molar-refractivity contribution in [1.82, 2.24) is 5.32 Å². The number of aliphatic hydroxyl groups excluding tert-OH is 1. The van der Waals surface area contributed by atoms with Gasteiger partial charge in [0, 0.05) is 13.0 Å². The highest BCUT2D eigenvalue weighted by Crippen LogP contribution is 2.32. The van der Waals surface area contributed by atoms with Crippen molar-refractivity contribution in [3.8, 4) is 0 Å². The Morgan fingerprint density at radius 1 is 1.47 bits per heavy atom. The van der Waals surface area contributed by atoms with E-state index in [1.165, 1.54) is 12.8 Å². The fourth-order valence-electron chi connectivity index (χ4n) is 1.50. The van der Waals surface area contributed by atoms with Crippen LogP contribution >= 0.6 is 0 Å². The van der Waals surface area contributed by atoms with Gasteiger partial charge in [-0.05, 0) is 38.1 Å². The van der Waals surface area contributed by atoms with Gasteiger partial charge < -0.3 is 21.4 Å². The second-order valence-electron chi connectivity index (χ2n) is 4.16. The zero-order valence-corrected chi connectivity index (χ0v) is 9.02. The van der Waals surface area contributed by atoms with Gasteiger partial charge in [-0.3, -0.25) is 0 Å². The molecule has 0 radical (unpaired) electrons. The van der Waals surface area contributed by atoms with Crippen LogP contribution in [-0.4, -0.2) is 35.3 Å². The molecule has 0 amide bonds. The molecule has 88 valence electrons. The summed E-state index contributed by atoms with van der Waals surface area (Å²) in [5.41, 5.74) is 5.32. The highest BCUT2D eigenvalue weighted by Gasteiger charge is 2.28. The van der Waals surface area contributed by atoms with Crippen LogP contribution in [0.2, 0.25) is 0 Å². The van der Waals surface area contributed by atoms with E-state index in [4.69, 9.17) is 10.9 Å². The summed E-state index contributed by atoms with van der Waals surface area (Å²) in [6.45, 7) is 1.57. The summed E-state index contributed by atoms with van der Waals surface area (Å²) in [5, 5.41) is 23.9. The Morgan fingerprint density at radius 3 is 2.80 bits per heavy atom. The lowest BCUT2D eigenvalue weighted by atomic mass is 10.2. The van der Waals surface area contributed by atoms with E-state index in [2.05, 4.69) is 10.5 Å². The Balaban J connectivity index is 1.84. The predicted molar refractivity (Wildman–Crippen MR) is 58.9 cm³/mol. The van der Waals surface area contributed by atoms with Gasteiger partial charge in [0.05, 0.1) is 6.10 Å². The molecule has 1 fully saturated rings. The molecule has 0 spiro atoms. The lowest BCUT2D eigenvalue weighted by molar-refractivity contribution is 0.149. The molecule has 1 unspecified atom stereocenters. The van der Waals surface area contributed by atoms with E-state index in [1.54, 1.807) is 0 Å². The number of hydrogen-bond acceptors (Lipinski definition) is 4. The normalized spacial score (nSPS) is 19.1. The molecule has 0 saturated heterocycles. The van der Waals surface area contributed by atoms with Crippen LogP contribution in [0.15, 0.2) is 5.16 Å². The van der Waals surface area contributed by atoms with Gasteiger partial charge in [-0.25, -0.2) is 0 Å². The molecule has 0 aromatic rings.